The largest absolute Gasteiger partial charge is 0.354 e. The van der Waals surface area contributed by atoms with Gasteiger partial charge in [0, 0.05) is 43.2 Å². The van der Waals surface area contributed by atoms with Crippen LogP contribution < -0.4 is 4.90 Å². The second-order valence-corrected chi connectivity index (χ2v) is 9.58. The zero-order chi connectivity index (χ0) is 15.7. The molecule has 2 fully saturated rings. The number of nitrogens with zero attached hydrogens (tertiary/aromatic N) is 4. The van der Waals surface area contributed by atoms with Crippen LogP contribution in [0.2, 0.25) is 0 Å². The molecule has 6 nitrogen and oxygen atoms in total. The van der Waals surface area contributed by atoms with Crippen molar-refractivity contribution in [2.75, 3.05) is 49.6 Å². The van der Waals surface area contributed by atoms with E-state index in [9.17, 15) is 8.42 Å². The lowest BCUT2D eigenvalue weighted by Crippen LogP contribution is -2.44. The van der Waals surface area contributed by atoms with Gasteiger partial charge >= 0.3 is 0 Å². The fourth-order valence-corrected chi connectivity index (χ4v) is 6.24. The van der Waals surface area contributed by atoms with Gasteiger partial charge in [0.1, 0.15) is 5.82 Å². The lowest BCUT2D eigenvalue weighted by Gasteiger charge is -2.33. The van der Waals surface area contributed by atoms with E-state index in [1.807, 2.05) is 13.0 Å². The summed E-state index contributed by atoms with van der Waals surface area (Å²) >= 11 is 1.51. The van der Waals surface area contributed by atoms with Crippen molar-refractivity contribution in [2.24, 2.45) is 0 Å². The standard InChI is InChI=1S/C14H22N4O2S2/c1-11-9-13(18-6-4-17(2)5-7-18)16-14(15-11)21-12-3-8-22(19,20)10-12/h9,12H,3-8,10H2,1-2H3/t12-/m1/s1. The fourth-order valence-electron chi connectivity index (χ4n) is 2.78. The molecular formula is C14H22N4O2S2. The van der Waals surface area contributed by atoms with E-state index in [-0.39, 0.29) is 11.0 Å². The molecule has 22 heavy (non-hydrogen) atoms. The molecule has 1 atom stereocenters. The van der Waals surface area contributed by atoms with E-state index >= 15 is 0 Å². The van der Waals surface area contributed by atoms with E-state index < -0.39 is 9.84 Å². The van der Waals surface area contributed by atoms with Crippen LogP contribution in [-0.4, -0.2) is 73.3 Å². The molecule has 2 aliphatic rings. The molecule has 1 aromatic rings. The number of hydrogen-bond donors (Lipinski definition) is 0. The molecule has 0 spiro atoms. The van der Waals surface area contributed by atoms with Crippen molar-refractivity contribution >= 4 is 27.4 Å². The molecule has 3 heterocycles. The molecular weight excluding hydrogens is 320 g/mol. The molecule has 0 bridgehead atoms. The van der Waals surface area contributed by atoms with Gasteiger partial charge in [0.25, 0.3) is 0 Å². The molecule has 0 radical (unpaired) electrons. The van der Waals surface area contributed by atoms with Crippen LogP contribution in [0.25, 0.3) is 0 Å². The van der Waals surface area contributed by atoms with E-state index in [4.69, 9.17) is 0 Å². The minimum Gasteiger partial charge on any atom is -0.354 e. The van der Waals surface area contributed by atoms with Gasteiger partial charge in [-0.1, -0.05) is 11.8 Å². The highest BCUT2D eigenvalue weighted by Gasteiger charge is 2.29. The molecule has 122 valence electrons. The molecule has 0 N–H and O–H groups in total. The number of piperazine rings is 1. The van der Waals surface area contributed by atoms with Crippen LogP contribution in [0.3, 0.4) is 0 Å². The van der Waals surface area contributed by atoms with E-state index in [0.717, 1.165) is 37.7 Å². The Labute approximate surface area is 136 Å². The fraction of sp³-hybridized carbons (Fsp3) is 0.714. The monoisotopic (exact) mass is 342 g/mol. The molecule has 0 saturated carbocycles. The Morgan fingerprint density at radius 3 is 2.59 bits per heavy atom. The first-order chi connectivity index (χ1) is 10.4. The summed E-state index contributed by atoms with van der Waals surface area (Å²) in [5.41, 5.74) is 0.937. The van der Waals surface area contributed by atoms with Crippen molar-refractivity contribution < 1.29 is 8.42 Å². The van der Waals surface area contributed by atoms with Gasteiger partial charge in [0.2, 0.25) is 0 Å². The van der Waals surface area contributed by atoms with Gasteiger partial charge in [-0.2, -0.15) is 0 Å². The van der Waals surface area contributed by atoms with Crippen molar-refractivity contribution in [3.05, 3.63) is 11.8 Å². The number of sulfone groups is 1. The third-order valence-electron chi connectivity index (χ3n) is 4.11. The summed E-state index contributed by atoms with van der Waals surface area (Å²) in [5, 5.41) is 0.795. The summed E-state index contributed by atoms with van der Waals surface area (Å²) in [4.78, 5) is 13.7. The van der Waals surface area contributed by atoms with Crippen LogP contribution in [-0.2, 0) is 9.84 Å². The summed E-state index contributed by atoms with van der Waals surface area (Å²) in [5.74, 6) is 1.50. The molecule has 3 rings (SSSR count). The Hall–Kier alpha value is -0.860. The number of anilines is 1. The smallest absolute Gasteiger partial charge is 0.190 e. The summed E-state index contributed by atoms with van der Waals surface area (Å²) in [7, 11) is -0.725. The summed E-state index contributed by atoms with van der Waals surface area (Å²) in [6, 6.07) is 2.01. The van der Waals surface area contributed by atoms with E-state index in [1.54, 1.807) is 0 Å². The minimum absolute atomic E-state index is 0.0899. The first kappa shape index (κ1) is 16.0. The number of thioether (sulfide) groups is 1. The maximum atomic E-state index is 11.6. The average molecular weight is 342 g/mol. The minimum atomic E-state index is -2.85. The lowest BCUT2D eigenvalue weighted by atomic mass is 10.3. The Morgan fingerprint density at radius 1 is 1.23 bits per heavy atom. The molecule has 1 aromatic heterocycles. The number of likely N-dealkylation sites (N-methyl/N-ethyl adjacent to an activating group) is 1. The second kappa shape index (κ2) is 6.33. The second-order valence-electron chi connectivity index (χ2n) is 6.08. The highest BCUT2D eigenvalue weighted by atomic mass is 32.2. The molecule has 0 amide bonds. The van der Waals surface area contributed by atoms with E-state index in [2.05, 4.69) is 26.8 Å². The Bertz CT molecular complexity index is 642. The number of hydrogen-bond acceptors (Lipinski definition) is 7. The van der Waals surface area contributed by atoms with Gasteiger partial charge in [-0.3, -0.25) is 0 Å². The van der Waals surface area contributed by atoms with Gasteiger partial charge in [0.05, 0.1) is 11.5 Å². The van der Waals surface area contributed by atoms with E-state index in [0.29, 0.717) is 17.3 Å². The predicted octanol–water partition coefficient (Wildman–Crippen LogP) is 0.816. The van der Waals surface area contributed by atoms with E-state index in [1.165, 1.54) is 11.8 Å². The van der Waals surface area contributed by atoms with Crippen LogP contribution in [0.1, 0.15) is 12.1 Å². The summed E-state index contributed by atoms with van der Waals surface area (Å²) < 4.78 is 23.2. The van der Waals surface area contributed by atoms with Gasteiger partial charge in [-0.25, -0.2) is 18.4 Å². The molecule has 2 aliphatic heterocycles. The SMILES string of the molecule is Cc1cc(N2CCN(C)CC2)nc(S[C@@H]2CCS(=O)(=O)C2)n1. The number of aryl methyl sites for hydroxylation is 1. The highest BCUT2D eigenvalue weighted by molar-refractivity contribution is 8.01. The third-order valence-corrected chi connectivity index (χ3v) is 7.22. The molecule has 2 saturated heterocycles. The maximum absolute atomic E-state index is 11.6. The Kier molecular flexibility index (Phi) is 4.61. The molecule has 0 aliphatic carbocycles. The van der Waals surface area contributed by atoms with Crippen molar-refractivity contribution in [3.63, 3.8) is 0 Å². The lowest BCUT2D eigenvalue weighted by molar-refractivity contribution is 0.312. The van der Waals surface area contributed by atoms with Crippen molar-refractivity contribution in [1.29, 1.82) is 0 Å². The maximum Gasteiger partial charge on any atom is 0.190 e. The zero-order valence-electron chi connectivity index (χ0n) is 13.0. The van der Waals surface area contributed by atoms with Crippen LogP contribution >= 0.6 is 11.8 Å². The highest BCUT2D eigenvalue weighted by Crippen LogP contribution is 2.30. The van der Waals surface area contributed by atoms with Crippen molar-refractivity contribution in [2.45, 2.75) is 23.8 Å². The predicted molar refractivity (Wildman–Crippen MR) is 89.4 cm³/mol. The van der Waals surface area contributed by atoms with Crippen LogP contribution in [0, 0.1) is 6.92 Å². The normalized spacial score (nSPS) is 25.5. The quantitative estimate of drug-likeness (QED) is 0.753. The molecule has 8 heteroatoms. The Balaban J connectivity index is 1.73. The number of aromatic nitrogens is 2. The van der Waals surface area contributed by atoms with Crippen LogP contribution in [0.4, 0.5) is 5.82 Å². The van der Waals surface area contributed by atoms with Crippen molar-refractivity contribution in [3.8, 4) is 0 Å². The molecule has 0 unspecified atom stereocenters. The van der Waals surface area contributed by atoms with Gasteiger partial charge in [-0.15, -0.1) is 0 Å². The van der Waals surface area contributed by atoms with Gasteiger partial charge in [-0.05, 0) is 20.4 Å². The van der Waals surface area contributed by atoms with Gasteiger partial charge < -0.3 is 9.80 Å². The summed E-state index contributed by atoms with van der Waals surface area (Å²) in [6.07, 6.45) is 0.703. The van der Waals surface area contributed by atoms with Crippen LogP contribution in [0.15, 0.2) is 11.2 Å². The third kappa shape index (κ3) is 3.91. The molecule has 0 aromatic carbocycles. The van der Waals surface area contributed by atoms with Crippen LogP contribution in [0.5, 0.6) is 0 Å². The van der Waals surface area contributed by atoms with Gasteiger partial charge in [0.15, 0.2) is 15.0 Å². The topological polar surface area (TPSA) is 66.4 Å². The first-order valence-corrected chi connectivity index (χ1v) is 10.3. The zero-order valence-corrected chi connectivity index (χ0v) is 14.7. The first-order valence-electron chi connectivity index (χ1n) is 7.57. The summed E-state index contributed by atoms with van der Waals surface area (Å²) in [6.45, 7) is 5.97. The number of rotatable bonds is 3. The Morgan fingerprint density at radius 2 is 1.95 bits per heavy atom. The average Bonchev–Trinajstić information content (AvgIpc) is 2.78. The van der Waals surface area contributed by atoms with Crippen molar-refractivity contribution in [1.82, 2.24) is 14.9 Å².